The summed E-state index contributed by atoms with van der Waals surface area (Å²) in [5.74, 6) is -5.33. The van der Waals surface area contributed by atoms with Crippen LogP contribution in [0.4, 0.5) is 23.2 Å². The summed E-state index contributed by atoms with van der Waals surface area (Å²) in [6.07, 6.45) is 0.431. The van der Waals surface area contributed by atoms with E-state index in [1.807, 2.05) is 0 Å². The van der Waals surface area contributed by atoms with Crippen LogP contribution < -0.4 is 14.4 Å². The van der Waals surface area contributed by atoms with Gasteiger partial charge in [0, 0.05) is 13.1 Å². The van der Waals surface area contributed by atoms with Crippen LogP contribution in [-0.4, -0.2) is 25.7 Å². The molecule has 0 fully saturated rings. The maximum atomic E-state index is 13.9. The van der Waals surface area contributed by atoms with Gasteiger partial charge in [-0.05, 0) is 29.7 Å². The summed E-state index contributed by atoms with van der Waals surface area (Å²) in [7, 11) is 2.98. The highest BCUT2D eigenvalue weighted by Gasteiger charge is 2.28. The van der Waals surface area contributed by atoms with E-state index in [-0.39, 0.29) is 13.1 Å². The Kier molecular flexibility index (Phi) is 4.21. The van der Waals surface area contributed by atoms with Crippen molar-refractivity contribution in [3.8, 4) is 11.5 Å². The third-order valence-electron chi connectivity index (χ3n) is 4.01. The summed E-state index contributed by atoms with van der Waals surface area (Å²) in [5.41, 5.74) is 0.899. The monoisotopic (exact) mass is 342 g/mol. The summed E-state index contributed by atoms with van der Waals surface area (Å²) >= 11 is 0. The first-order valence-corrected chi connectivity index (χ1v) is 7.15. The van der Waals surface area contributed by atoms with Crippen LogP contribution in [0, 0.1) is 23.5 Å². The summed E-state index contributed by atoms with van der Waals surface area (Å²) < 4.78 is 65.0. The van der Waals surface area contributed by atoms with Gasteiger partial charge in [-0.15, -0.1) is 0 Å². The molecule has 1 aromatic carbocycles. The van der Waals surface area contributed by atoms with Crippen LogP contribution in [0.2, 0.25) is 0 Å². The first-order chi connectivity index (χ1) is 11.5. The maximum absolute atomic E-state index is 13.9. The molecule has 0 unspecified atom stereocenters. The molecule has 0 amide bonds. The second kappa shape index (κ2) is 6.18. The predicted molar refractivity (Wildman–Crippen MR) is 78.4 cm³/mol. The Balaban J connectivity index is 2.02. The van der Waals surface area contributed by atoms with Crippen molar-refractivity contribution in [2.24, 2.45) is 0 Å². The van der Waals surface area contributed by atoms with Crippen molar-refractivity contribution in [3.63, 3.8) is 0 Å². The molecule has 0 aliphatic carbocycles. The van der Waals surface area contributed by atoms with Gasteiger partial charge < -0.3 is 14.4 Å². The van der Waals surface area contributed by atoms with Gasteiger partial charge in [-0.2, -0.15) is 22.5 Å². The average Bonchev–Trinajstić information content (AvgIpc) is 2.58. The number of methoxy groups -OCH3 is 2. The van der Waals surface area contributed by atoms with Crippen molar-refractivity contribution in [1.29, 1.82) is 0 Å². The van der Waals surface area contributed by atoms with Gasteiger partial charge in [0.25, 0.3) is 11.9 Å². The minimum atomic E-state index is -1.66. The highest BCUT2D eigenvalue weighted by Crippen LogP contribution is 2.36. The van der Waals surface area contributed by atoms with Gasteiger partial charge in [0.2, 0.25) is 11.6 Å². The van der Waals surface area contributed by atoms with E-state index in [9.17, 15) is 17.6 Å². The summed E-state index contributed by atoms with van der Waals surface area (Å²) in [4.78, 5) is 3.82. The van der Waals surface area contributed by atoms with Crippen molar-refractivity contribution in [3.05, 3.63) is 46.8 Å². The summed E-state index contributed by atoms with van der Waals surface area (Å²) in [5, 5.41) is 0. The molecule has 0 bridgehead atoms. The number of nitrogens with zero attached hydrogens (tertiary/aromatic N) is 2. The molecule has 3 rings (SSSR count). The number of halogens is 4. The molecule has 1 aliphatic rings. The number of benzene rings is 1. The molecule has 8 heteroatoms. The van der Waals surface area contributed by atoms with Crippen LogP contribution in [0.25, 0.3) is 0 Å². The van der Waals surface area contributed by atoms with Gasteiger partial charge in [-0.25, -0.2) is 0 Å². The summed E-state index contributed by atoms with van der Waals surface area (Å²) in [6, 6.07) is 3.47. The van der Waals surface area contributed by atoms with Crippen LogP contribution in [0.3, 0.4) is 0 Å². The number of anilines is 1. The first-order valence-electron chi connectivity index (χ1n) is 7.15. The van der Waals surface area contributed by atoms with E-state index in [0.717, 1.165) is 11.1 Å². The molecule has 0 saturated carbocycles. The molecule has 2 heterocycles. The zero-order chi connectivity index (χ0) is 17.4. The molecule has 2 aromatic rings. The fourth-order valence-corrected chi connectivity index (χ4v) is 2.83. The van der Waals surface area contributed by atoms with Gasteiger partial charge in [-0.1, -0.05) is 0 Å². The first kappa shape index (κ1) is 16.4. The normalized spacial score (nSPS) is 13.7. The lowest BCUT2D eigenvalue weighted by atomic mass is 9.98. The number of fused-ring (bicyclic) bond motifs is 1. The van der Waals surface area contributed by atoms with E-state index < -0.39 is 29.2 Å². The van der Waals surface area contributed by atoms with E-state index in [0.29, 0.717) is 17.9 Å². The van der Waals surface area contributed by atoms with Gasteiger partial charge >= 0.3 is 0 Å². The highest BCUT2D eigenvalue weighted by molar-refractivity contribution is 5.54. The molecule has 4 nitrogen and oxygen atoms in total. The van der Waals surface area contributed by atoms with Crippen LogP contribution in [-0.2, 0) is 13.0 Å². The van der Waals surface area contributed by atoms with E-state index in [1.165, 1.54) is 19.1 Å². The maximum Gasteiger partial charge on any atom is 0.253 e. The largest absolute Gasteiger partial charge is 0.493 e. The minimum Gasteiger partial charge on any atom is -0.493 e. The molecule has 0 N–H and O–H groups in total. The number of rotatable bonds is 3. The molecule has 0 atom stereocenters. The SMILES string of the molecule is COc1cc2c(cc1OC)CN(c1c(F)c(F)nc(F)c1F)CC2. The fourth-order valence-electron chi connectivity index (χ4n) is 2.83. The number of hydrogen-bond donors (Lipinski definition) is 0. The second-order valence-corrected chi connectivity index (χ2v) is 5.32. The quantitative estimate of drug-likeness (QED) is 0.634. The Labute approximate surface area is 135 Å². The average molecular weight is 342 g/mol. The second-order valence-electron chi connectivity index (χ2n) is 5.32. The molecular weight excluding hydrogens is 328 g/mol. The molecular formula is C16H14F4N2O2. The van der Waals surface area contributed by atoms with Crippen LogP contribution in [0.5, 0.6) is 11.5 Å². The number of aromatic nitrogens is 1. The van der Waals surface area contributed by atoms with Crippen molar-refractivity contribution < 1.29 is 27.0 Å². The number of pyridine rings is 1. The zero-order valence-corrected chi connectivity index (χ0v) is 13.0. The highest BCUT2D eigenvalue weighted by atomic mass is 19.2. The summed E-state index contributed by atoms with van der Waals surface area (Å²) in [6.45, 7) is 0.269. The minimum absolute atomic E-state index is 0.0758. The number of hydrogen-bond acceptors (Lipinski definition) is 4. The predicted octanol–water partition coefficient (Wildman–Crippen LogP) is 3.22. The Morgan fingerprint density at radius 3 is 2.00 bits per heavy atom. The van der Waals surface area contributed by atoms with E-state index in [1.54, 1.807) is 12.1 Å². The third-order valence-corrected chi connectivity index (χ3v) is 4.01. The lowest BCUT2D eigenvalue weighted by Crippen LogP contribution is -2.32. The van der Waals surface area contributed by atoms with Crippen LogP contribution in [0.1, 0.15) is 11.1 Å². The van der Waals surface area contributed by atoms with Crippen LogP contribution in [0.15, 0.2) is 12.1 Å². The zero-order valence-electron chi connectivity index (χ0n) is 13.0. The van der Waals surface area contributed by atoms with Gasteiger partial charge in [0.1, 0.15) is 5.69 Å². The van der Waals surface area contributed by atoms with Crippen molar-refractivity contribution in [2.75, 3.05) is 25.7 Å². The lowest BCUT2D eigenvalue weighted by Gasteiger charge is -2.31. The lowest BCUT2D eigenvalue weighted by molar-refractivity contribution is 0.353. The van der Waals surface area contributed by atoms with Crippen molar-refractivity contribution >= 4 is 5.69 Å². The van der Waals surface area contributed by atoms with E-state index in [4.69, 9.17) is 9.47 Å². The Morgan fingerprint density at radius 2 is 1.46 bits per heavy atom. The fraction of sp³-hybridized carbons (Fsp3) is 0.312. The van der Waals surface area contributed by atoms with Gasteiger partial charge in [0.15, 0.2) is 11.5 Å². The molecule has 0 radical (unpaired) electrons. The topological polar surface area (TPSA) is 34.6 Å². The molecule has 0 saturated heterocycles. The Bertz CT molecular complexity index is 772. The van der Waals surface area contributed by atoms with E-state index >= 15 is 0 Å². The van der Waals surface area contributed by atoms with Gasteiger partial charge in [-0.3, -0.25) is 0 Å². The van der Waals surface area contributed by atoms with Crippen LogP contribution >= 0.6 is 0 Å². The molecule has 128 valence electrons. The molecule has 1 aliphatic heterocycles. The van der Waals surface area contributed by atoms with Crippen molar-refractivity contribution in [2.45, 2.75) is 13.0 Å². The van der Waals surface area contributed by atoms with Crippen molar-refractivity contribution in [1.82, 2.24) is 4.98 Å². The third kappa shape index (κ3) is 2.61. The van der Waals surface area contributed by atoms with E-state index in [2.05, 4.69) is 4.98 Å². The smallest absolute Gasteiger partial charge is 0.253 e. The number of ether oxygens (including phenoxy) is 2. The van der Waals surface area contributed by atoms with Gasteiger partial charge in [0.05, 0.1) is 14.2 Å². The molecule has 0 spiro atoms. The molecule has 1 aromatic heterocycles. The Hall–Kier alpha value is -2.51. The standard InChI is InChI=1S/C16H14F4N2O2/c1-23-10-5-8-3-4-22(7-9(8)6-11(10)24-2)14-12(17)15(19)21-16(20)13(14)18/h5-6H,3-4,7H2,1-2H3. The Morgan fingerprint density at radius 1 is 0.917 bits per heavy atom. The molecule has 24 heavy (non-hydrogen) atoms.